The molecule has 158 valence electrons. The summed E-state index contributed by atoms with van der Waals surface area (Å²) in [7, 11) is 0. The zero-order valence-electron chi connectivity index (χ0n) is 17.0. The number of ether oxygens (including phenoxy) is 1. The molecule has 0 atom stereocenters. The van der Waals surface area contributed by atoms with Crippen molar-refractivity contribution in [3.63, 3.8) is 0 Å². The van der Waals surface area contributed by atoms with Gasteiger partial charge in [-0.2, -0.15) is 0 Å². The summed E-state index contributed by atoms with van der Waals surface area (Å²) in [5.41, 5.74) is 1.30. The molecule has 7 heteroatoms. The maximum Gasteiger partial charge on any atom is 0.246 e. The van der Waals surface area contributed by atoms with Gasteiger partial charge in [0.1, 0.15) is 11.6 Å². The highest BCUT2D eigenvalue weighted by molar-refractivity contribution is 5.93. The fourth-order valence-electron chi connectivity index (χ4n) is 3.27. The van der Waals surface area contributed by atoms with E-state index < -0.39 is 5.82 Å². The average Bonchev–Trinajstić information content (AvgIpc) is 2.73. The first-order chi connectivity index (χ1) is 14.5. The molecule has 0 bridgehead atoms. The van der Waals surface area contributed by atoms with Crippen molar-refractivity contribution in [2.45, 2.75) is 6.92 Å². The predicted octanol–water partition coefficient (Wildman–Crippen LogP) is 3.02. The monoisotopic (exact) mass is 411 g/mol. The lowest BCUT2D eigenvalue weighted by atomic mass is 10.2. The van der Waals surface area contributed by atoms with Gasteiger partial charge in [0.05, 0.1) is 13.2 Å². The summed E-state index contributed by atoms with van der Waals surface area (Å²) in [5.74, 6) is 0.0907. The molecule has 30 heavy (non-hydrogen) atoms. The number of nitrogens with one attached hydrogen (secondary N) is 1. The Bertz CT molecular complexity index is 908. The molecule has 0 spiro atoms. The van der Waals surface area contributed by atoms with Crippen LogP contribution >= 0.6 is 0 Å². The lowest BCUT2D eigenvalue weighted by Crippen LogP contribution is -2.50. The molecule has 3 rings (SSSR count). The minimum absolute atomic E-state index is 0.0647. The summed E-state index contributed by atoms with van der Waals surface area (Å²) < 4.78 is 18.8. The van der Waals surface area contributed by atoms with Crippen molar-refractivity contribution < 1.29 is 18.7 Å². The molecular formula is C23H26FN3O3. The van der Waals surface area contributed by atoms with Crippen LogP contribution in [0.2, 0.25) is 0 Å². The molecule has 0 radical (unpaired) electrons. The summed E-state index contributed by atoms with van der Waals surface area (Å²) >= 11 is 0. The van der Waals surface area contributed by atoms with Crippen LogP contribution in [0.4, 0.5) is 10.1 Å². The SMILES string of the molecule is CCOc1ccccc1/C=C/C(=O)N1CCN(CC(=O)Nc2cccc(F)c2)CC1. The van der Waals surface area contributed by atoms with E-state index in [1.54, 1.807) is 29.2 Å². The number of nitrogens with zero attached hydrogens (tertiary/aromatic N) is 2. The smallest absolute Gasteiger partial charge is 0.246 e. The van der Waals surface area contributed by atoms with E-state index in [0.717, 1.165) is 11.3 Å². The molecule has 1 aliphatic rings. The molecule has 1 fully saturated rings. The minimum atomic E-state index is -0.392. The first kappa shape index (κ1) is 21.5. The summed E-state index contributed by atoms with van der Waals surface area (Å²) in [5, 5.41) is 2.69. The number of para-hydroxylation sites is 1. The van der Waals surface area contributed by atoms with E-state index in [2.05, 4.69) is 5.32 Å². The lowest BCUT2D eigenvalue weighted by Gasteiger charge is -2.33. The topological polar surface area (TPSA) is 61.9 Å². The van der Waals surface area contributed by atoms with E-state index in [9.17, 15) is 14.0 Å². The maximum atomic E-state index is 13.2. The van der Waals surface area contributed by atoms with Gasteiger partial charge in [-0.15, -0.1) is 0 Å². The third-order valence-electron chi connectivity index (χ3n) is 4.78. The van der Waals surface area contributed by atoms with Gasteiger partial charge in [0, 0.05) is 43.5 Å². The number of anilines is 1. The largest absolute Gasteiger partial charge is 0.493 e. The third kappa shape index (κ3) is 6.15. The summed E-state index contributed by atoms with van der Waals surface area (Å²) in [6.45, 7) is 4.98. The van der Waals surface area contributed by atoms with Crippen LogP contribution in [0.25, 0.3) is 6.08 Å². The molecule has 1 saturated heterocycles. The molecular weight excluding hydrogens is 385 g/mol. The molecule has 0 unspecified atom stereocenters. The molecule has 1 heterocycles. The van der Waals surface area contributed by atoms with Crippen molar-refractivity contribution in [3.8, 4) is 5.75 Å². The Labute approximate surface area is 175 Å². The van der Waals surface area contributed by atoms with Crippen LogP contribution in [-0.2, 0) is 9.59 Å². The Kier molecular flexibility index (Phi) is 7.57. The normalized spacial score (nSPS) is 14.7. The number of amides is 2. The second kappa shape index (κ2) is 10.5. The second-order valence-electron chi connectivity index (χ2n) is 6.96. The number of carbonyl (C=O) groups is 2. The second-order valence-corrected chi connectivity index (χ2v) is 6.96. The third-order valence-corrected chi connectivity index (χ3v) is 4.78. The highest BCUT2D eigenvalue weighted by atomic mass is 19.1. The van der Waals surface area contributed by atoms with E-state index >= 15 is 0 Å². The van der Waals surface area contributed by atoms with Gasteiger partial charge in [-0.05, 0) is 37.3 Å². The standard InChI is InChI=1S/C23H26FN3O3/c1-2-30-21-9-4-3-6-18(21)10-11-23(29)27-14-12-26(13-15-27)17-22(28)25-20-8-5-7-19(24)16-20/h3-11,16H,2,12-15,17H2,1H3,(H,25,28)/b11-10+. The zero-order valence-corrected chi connectivity index (χ0v) is 17.0. The fraction of sp³-hybridized carbons (Fsp3) is 0.304. The molecule has 2 aromatic rings. The van der Waals surface area contributed by atoms with E-state index in [1.807, 2.05) is 36.1 Å². The Hall–Kier alpha value is -3.19. The van der Waals surface area contributed by atoms with Crippen molar-refractivity contribution in [2.24, 2.45) is 0 Å². The summed E-state index contributed by atoms with van der Waals surface area (Å²) in [6.07, 6.45) is 3.33. The Balaban J connectivity index is 1.47. The highest BCUT2D eigenvalue weighted by Gasteiger charge is 2.21. The van der Waals surface area contributed by atoms with Crippen molar-refractivity contribution in [1.82, 2.24) is 9.80 Å². The van der Waals surface area contributed by atoms with E-state index in [-0.39, 0.29) is 18.4 Å². The van der Waals surface area contributed by atoms with Gasteiger partial charge >= 0.3 is 0 Å². The van der Waals surface area contributed by atoms with Gasteiger partial charge in [0.2, 0.25) is 11.8 Å². The summed E-state index contributed by atoms with van der Waals surface area (Å²) in [4.78, 5) is 28.4. The number of carbonyl (C=O) groups excluding carboxylic acids is 2. The van der Waals surface area contributed by atoms with Gasteiger partial charge in [0.25, 0.3) is 0 Å². The molecule has 0 aliphatic carbocycles. The Morgan fingerprint density at radius 2 is 1.87 bits per heavy atom. The fourth-order valence-corrected chi connectivity index (χ4v) is 3.27. The molecule has 0 saturated carbocycles. The van der Waals surface area contributed by atoms with Gasteiger partial charge in [-0.1, -0.05) is 24.3 Å². The van der Waals surface area contributed by atoms with Crippen molar-refractivity contribution >= 4 is 23.6 Å². The molecule has 1 aliphatic heterocycles. The number of halogens is 1. The molecule has 0 aromatic heterocycles. The predicted molar refractivity (Wildman–Crippen MR) is 115 cm³/mol. The van der Waals surface area contributed by atoms with Crippen LogP contribution < -0.4 is 10.1 Å². The number of rotatable bonds is 7. The average molecular weight is 411 g/mol. The first-order valence-electron chi connectivity index (χ1n) is 10.0. The number of hydrogen-bond acceptors (Lipinski definition) is 4. The molecule has 2 aromatic carbocycles. The van der Waals surface area contributed by atoms with Gasteiger partial charge in [0.15, 0.2) is 0 Å². The molecule has 2 amide bonds. The first-order valence-corrected chi connectivity index (χ1v) is 10.0. The van der Waals surface area contributed by atoms with Crippen LogP contribution in [0.1, 0.15) is 12.5 Å². The minimum Gasteiger partial charge on any atom is -0.493 e. The lowest BCUT2D eigenvalue weighted by molar-refractivity contribution is -0.127. The Morgan fingerprint density at radius 3 is 2.60 bits per heavy atom. The van der Waals surface area contributed by atoms with Crippen LogP contribution in [0.5, 0.6) is 5.75 Å². The number of hydrogen-bond donors (Lipinski definition) is 1. The van der Waals surface area contributed by atoms with Gasteiger partial charge in [-0.3, -0.25) is 14.5 Å². The Morgan fingerprint density at radius 1 is 1.10 bits per heavy atom. The van der Waals surface area contributed by atoms with E-state index in [1.165, 1.54) is 12.1 Å². The number of benzene rings is 2. The number of piperazine rings is 1. The van der Waals surface area contributed by atoms with Crippen molar-refractivity contribution in [1.29, 1.82) is 0 Å². The quantitative estimate of drug-likeness (QED) is 0.712. The molecule has 6 nitrogen and oxygen atoms in total. The van der Waals surface area contributed by atoms with Gasteiger partial charge in [-0.25, -0.2) is 4.39 Å². The van der Waals surface area contributed by atoms with Crippen molar-refractivity contribution in [3.05, 3.63) is 66.0 Å². The van der Waals surface area contributed by atoms with Crippen LogP contribution in [0.3, 0.4) is 0 Å². The van der Waals surface area contributed by atoms with E-state index in [0.29, 0.717) is 38.5 Å². The van der Waals surface area contributed by atoms with Crippen molar-refractivity contribution in [2.75, 3.05) is 44.6 Å². The van der Waals surface area contributed by atoms with Gasteiger partial charge < -0.3 is 15.0 Å². The maximum absolute atomic E-state index is 13.2. The zero-order chi connectivity index (χ0) is 21.3. The molecule has 1 N–H and O–H groups in total. The van der Waals surface area contributed by atoms with Crippen LogP contribution in [0.15, 0.2) is 54.6 Å². The van der Waals surface area contributed by atoms with Crippen LogP contribution in [-0.4, -0.2) is 60.9 Å². The van der Waals surface area contributed by atoms with E-state index in [4.69, 9.17) is 4.74 Å². The highest BCUT2D eigenvalue weighted by Crippen LogP contribution is 2.19. The summed E-state index contributed by atoms with van der Waals surface area (Å²) in [6, 6.07) is 13.4. The van der Waals surface area contributed by atoms with Crippen LogP contribution in [0, 0.1) is 5.82 Å².